The first-order valence-corrected chi connectivity index (χ1v) is 9.96. The predicted octanol–water partition coefficient (Wildman–Crippen LogP) is 2.26. The number of nitriles is 1. The predicted molar refractivity (Wildman–Crippen MR) is 102 cm³/mol. The van der Waals surface area contributed by atoms with Gasteiger partial charge < -0.3 is 19.3 Å². The summed E-state index contributed by atoms with van der Waals surface area (Å²) in [6, 6.07) is 2.36. The summed E-state index contributed by atoms with van der Waals surface area (Å²) in [5.74, 6) is -0.290. The Hall–Kier alpha value is -1.26. The number of nitrogens with one attached hydrogen (secondary N) is 1. The Bertz CT molecular complexity index is 476. The molecule has 0 fully saturated rings. The normalized spacial score (nSPS) is 14.8. The Morgan fingerprint density at radius 3 is 2.27 bits per heavy atom. The summed E-state index contributed by atoms with van der Waals surface area (Å²) >= 11 is 0. The highest BCUT2D eigenvalue weighted by atomic mass is 31.2. The van der Waals surface area contributed by atoms with Gasteiger partial charge in [0, 0.05) is 26.2 Å². The van der Waals surface area contributed by atoms with Crippen LogP contribution in [-0.4, -0.2) is 66.8 Å². The van der Waals surface area contributed by atoms with E-state index in [9.17, 15) is 9.59 Å². The lowest BCUT2D eigenvalue weighted by molar-refractivity contribution is -0.141. The molecule has 2 amide bonds. The fraction of sp³-hybridized carbons (Fsp3) is 0.824. The van der Waals surface area contributed by atoms with Crippen LogP contribution in [0.5, 0.6) is 0 Å². The second-order valence-corrected chi connectivity index (χ2v) is 7.95. The van der Waals surface area contributed by atoms with Gasteiger partial charge >= 0.3 is 0 Å². The molecule has 1 N–H and O–H groups in total. The molecular weight excluding hydrogens is 355 g/mol. The van der Waals surface area contributed by atoms with Crippen LogP contribution < -0.4 is 5.32 Å². The van der Waals surface area contributed by atoms with Crippen LogP contribution in [0.3, 0.4) is 0 Å². The summed E-state index contributed by atoms with van der Waals surface area (Å²) in [6.07, 6.45) is 1.28. The van der Waals surface area contributed by atoms with Gasteiger partial charge in [0.2, 0.25) is 12.3 Å². The molecule has 9 heteroatoms. The maximum Gasteiger partial charge on any atom is 0.259 e. The number of rotatable bonds is 13. The second kappa shape index (κ2) is 12.2. The van der Waals surface area contributed by atoms with Gasteiger partial charge in [-0.3, -0.25) is 9.59 Å². The number of likely N-dealkylation sites (N-methyl/N-ethyl adjacent to an activating group) is 2. The molecule has 0 saturated heterocycles. The summed E-state index contributed by atoms with van der Waals surface area (Å²) in [5.41, 5.74) is -1.12. The smallest absolute Gasteiger partial charge is 0.259 e. The minimum absolute atomic E-state index is 0.00656. The third-order valence-electron chi connectivity index (χ3n) is 4.14. The van der Waals surface area contributed by atoms with Crippen molar-refractivity contribution in [3.8, 4) is 6.07 Å². The summed E-state index contributed by atoms with van der Waals surface area (Å²) in [5, 5.41) is 11.4. The Morgan fingerprint density at radius 2 is 1.88 bits per heavy atom. The van der Waals surface area contributed by atoms with Crippen molar-refractivity contribution in [3.05, 3.63) is 0 Å². The molecule has 0 aromatic rings. The standard InChI is InChI=1S/C17H33N4O4P/c1-8-17(16(23)19-6,20(7)13-22)12-25-26(24-11-9-10-18)21(14(2)3)15(4)5/h13-15H,8-9,11-12H2,1-7H3,(H,19,23). The van der Waals surface area contributed by atoms with E-state index in [1.54, 1.807) is 7.05 Å². The summed E-state index contributed by atoms with van der Waals surface area (Å²) in [4.78, 5) is 25.2. The lowest BCUT2D eigenvalue weighted by Crippen LogP contribution is -2.59. The second-order valence-electron chi connectivity index (χ2n) is 6.50. The number of amides is 2. The average molecular weight is 388 g/mol. The van der Waals surface area contributed by atoms with E-state index in [-0.39, 0.29) is 37.6 Å². The van der Waals surface area contributed by atoms with Crippen LogP contribution >= 0.6 is 8.53 Å². The van der Waals surface area contributed by atoms with Crippen LogP contribution in [-0.2, 0) is 18.6 Å². The van der Waals surface area contributed by atoms with E-state index in [4.69, 9.17) is 14.3 Å². The van der Waals surface area contributed by atoms with E-state index < -0.39 is 14.1 Å². The molecule has 0 spiro atoms. The molecule has 0 rings (SSSR count). The maximum absolute atomic E-state index is 12.5. The van der Waals surface area contributed by atoms with Crippen LogP contribution in [0.4, 0.5) is 0 Å². The zero-order valence-electron chi connectivity index (χ0n) is 17.0. The highest BCUT2D eigenvalue weighted by molar-refractivity contribution is 7.44. The van der Waals surface area contributed by atoms with Crippen molar-refractivity contribution < 1.29 is 18.6 Å². The van der Waals surface area contributed by atoms with Crippen LogP contribution in [0.1, 0.15) is 47.5 Å². The number of hydrogen-bond donors (Lipinski definition) is 1. The molecule has 0 aliphatic carbocycles. The first-order valence-electron chi connectivity index (χ1n) is 8.83. The van der Waals surface area contributed by atoms with E-state index in [1.165, 1.54) is 11.9 Å². The highest BCUT2D eigenvalue weighted by Crippen LogP contribution is 2.47. The number of hydrogen-bond acceptors (Lipinski definition) is 6. The zero-order valence-corrected chi connectivity index (χ0v) is 17.9. The lowest BCUT2D eigenvalue weighted by atomic mass is 9.94. The van der Waals surface area contributed by atoms with E-state index in [2.05, 4.69) is 16.1 Å². The van der Waals surface area contributed by atoms with E-state index in [0.717, 1.165) is 0 Å². The molecule has 0 saturated carbocycles. The van der Waals surface area contributed by atoms with E-state index in [1.807, 2.05) is 34.6 Å². The molecule has 26 heavy (non-hydrogen) atoms. The minimum atomic E-state index is -1.48. The number of carbonyl (C=O) groups is 2. The quantitative estimate of drug-likeness (QED) is 0.295. The molecule has 0 aromatic carbocycles. The van der Waals surface area contributed by atoms with Gasteiger partial charge in [0.15, 0.2) is 0 Å². The van der Waals surface area contributed by atoms with Crippen LogP contribution in [0.2, 0.25) is 0 Å². The fourth-order valence-electron chi connectivity index (χ4n) is 2.65. The SMILES string of the molecule is CCC(COP(OCCC#N)N(C(C)C)C(C)C)(C(=O)NC)N(C)C=O. The zero-order chi connectivity index (χ0) is 20.3. The highest BCUT2D eigenvalue weighted by Gasteiger charge is 2.42. The molecule has 150 valence electrons. The monoisotopic (exact) mass is 388 g/mol. The topological polar surface area (TPSA) is 94.9 Å². The summed E-state index contributed by atoms with van der Waals surface area (Å²) in [6.45, 7) is 10.2. The molecule has 0 aliphatic heterocycles. The molecule has 2 atom stereocenters. The molecule has 0 aromatic heterocycles. The van der Waals surface area contributed by atoms with Crippen molar-refractivity contribution in [2.45, 2.75) is 65.1 Å². The Morgan fingerprint density at radius 1 is 1.31 bits per heavy atom. The van der Waals surface area contributed by atoms with Crippen molar-refractivity contribution in [1.82, 2.24) is 14.9 Å². The van der Waals surface area contributed by atoms with Gasteiger partial charge in [-0.2, -0.15) is 5.26 Å². The third-order valence-corrected chi connectivity index (χ3v) is 6.20. The average Bonchev–Trinajstić information content (AvgIpc) is 2.60. The van der Waals surface area contributed by atoms with Gasteiger partial charge in [0.25, 0.3) is 8.53 Å². The van der Waals surface area contributed by atoms with Crippen LogP contribution in [0.15, 0.2) is 0 Å². The van der Waals surface area contributed by atoms with Gasteiger partial charge in [-0.1, -0.05) is 6.92 Å². The lowest BCUT2D eigenvalue weighted by Gasteiger charge is -2.40. The Balaban J connectivity index is 5.53. The van der Waals surface area contributed by atoms with Crippen molar-refractivity contribution in [1.29, 1.82) is 5.26 Å². The van der Waals surface area contributed by atoms with Gasteiger partial charge in [-0.05, 0) is 34.1 Å². The number of nitrogens with zero attached hydrogens (tertiary/aromatic N) is 3. The van der Waals surface area contributed by atoms with Gasteiger partial charge in [0.1, 0.15) is 5.54 Å². The minimum Gasteiger partial charge on any atom is -0.357 e. The molecular formula is C17H33N4O4P. The van der Waals surface area contributed by atoms with Crippen molar-refractivity contribution in [3.63, 3.8) is 0 Å². The van der Waals surface area contributed by atoms with Crippen LogP contribution in [0.25, 0.3) is 0 Å². The first kappa shape index (κ1) is 24.7. The fourth-order valence-corrected chi connectivity index (χ4v) is 4.32. The molecule has 0 bridgehead atoms. The van der Waals surface area contributed by atoms with Gasteiger partial charge in [-0.15, -0.1) is 0 Å². The largest absolute Gasteiger partial charge is 0.357 e. The summed E-state index contributed by atoms with van der Waals surface area (Å²) < 4.78 is 14.0. The number of carbonyl (C=O) groups excluding carboxylic acids is 2. The van der Waals surface area contributed by atoms with Crippen molar-refractivity contribution >= 4 is 20.8 Å². The van der Waals surface area contributed by atoms with Gasteiger partial charge in [0.05, 0.1) is 25.7 Å². The van der Waals surface area contributed by atoms with Gasteiger partial charge in [-0.25, -0.2) is 4.67 Å². The van der Waals surface area contributed by atoms with Crippen LogP contribution in [0, 0.1) is 11.3 Å². The van der Waals surface area contributed by atoms with E-state index in [0.29, 0.717) is 12.8 Å². The Labute approximate surface area is 158 Å². The molecule has 2 unspecified atom stereocenters. The summed E-state index contributed by atoms with van der Waals surface area (Å²) in [7, 11) is 1.62. The maximum atomic E-state index is 12.5. The van der Waals surface area contributed by atoms with Crippen molar-refractivity contribution in [2.75, 3.05) is 27.3 Å². The van der Waals surface area contributed by atoms with Crippen molar-refractivity contribution in [2.24, 2.45) is 0 Å². The molecule has 8 nitrogen and oxygen atoms in total. The molecule has 0 heterocycles. The third kappa shape index (κ3) is 6.48. The molecule has 0 aliphatic rings. The molecule has 0 radical (unpaired) electrons. The van der Waals surface area contributed by atoms with E-state index >= 15 is 0 Å². The Kier molecular flexibility index (Phi) is 11.6. The first-order chi connectivity index (χ1) is 12.2.